The van der Waals surface area contributed by atoms with Crippen LogP contribution in [0.15, 0.2) is 59.4 Å². The van der Waals surface area contributed by atoms with Crippen LogP contribution in [-0.4, -0.2) is 43.0 Å². The number of H-pyrrole nitrogens is 1. The van der Waals surface area contributed by atoms with E-state index >= 15 is 0 Å². The summed E-state index contributed by atoms with van der Waals surface area (Å²) in [6.45, 7) is 3.52. The average Bonchev–Trinajstić information content (AvgIpc) is 3.20. The number of nitrogens with zero attached hydrogens (tertiary/aromatic N) is 2. The van der Waals surface area contributed by atoms with Crippen LogP contribution in [0, 0.1) is 19.3 Å². The SMILES string of the molecule is C#Cc1ccc2c(c1)[nH]c1c2c(=O)c2cc(C)c(-c3cccc(OS(=O)(=O)F)c3)cc2n1C1CN(C)C1. The van der Waals surface area contributed by atoms with Gasteiger partial charge >= 0.3 is 10.5 Å². The number of nitrogens with one attached hydrogen (secondary N) is 1. The first-order valence-electron chi connectivity index (χ1n) is 11.7. The van der Waals surface area contributed by atoms with Crippen molar-refractivity contribution in [1.82, 2.24) is 14.5 Å². The van der Waals surface area contributed by atoms with E-state index in [9.17, 15) is 17.1 Å². The zero-order valence-corrected chi connectivity index (χ0v) is 20.9. The molecule has 0 saturated carbocycles. The van der Waals surface area contributed by atoms with E-state index in [1.807, 2.05) is 44.3 Å². The van der Waals surface area contributed by atoms with Crippen molar-refractivity contribution < 1.29 is 16.5 Å². The maximum Gasteiger partial charge on any atom is 0.488 e. The van der Waals surface area contributed by atoms with Crippen molar-refractivity contribution in [2.75, 3.05) is 20.1 Å². The number of halogens is 1. The normalized spacial score (nSPS) is 14.8. The third-order valence-electron chi connectivity index (χ3n) is 7.01. The lowest BCUT2D eigenvalue weighted by Gasteiger charge is -2.39. The van der Waals surface area contributed by atoms with Gasteiger partial charge in [-0.3, -0.25) is 4.79 Å². The Morgan fingerprint density at radius 1 is 1.11 bits per heavy atom. The zero-order chi connectivity index (χ0) is 26.1. The number of aryl methyl sites for hydroxylation is 1. The molecule has 3 heterocycles. The molecular weight excluding hydrogens is 493 g/mol. The van der Waals surface area contributed by atoms with Gasteiger partial charge in [-0.25, -0.2) is 0 Å². The van der Waals surface area contributed by atoms with Crippen LogP contribution in [0.4, 0.5) is 3.89 Å². The van der Waals surface area contributed by atoms with E-state index in [1.54, 1.807) is 12.1 Å². The van der Waals surface area contributed by atoms with E-state index in [-0.39, 0.29) is 17.2 Å². The van der Waals surface area contributed by atoms with Crippen molar-refractivity contribution in [3.8, 4) is 29.2 Å². The van der Waals surface area contributed by atoms with Crippen LogP contribution in [0.1, 0.15) is 17.2 Å². The highest BCUT2D eigenvalue weighted by molar-refractivity contribution is 7.81. The van der Waals surface area contributed by atoms with Gasteiger partial charge < -0.3 is 18.6 Å². The van der Waals surface area contributed by atoms with Gasteiger partial charge in [-0.15, -0.1) is 6.42 Å². The minimum absolute atomic E-state index is 0.0797. The largest absolute Gasteiger partial charge is 0.488 e. The summed E-state index contributed by atoms with van der Waals surface area (Å²) in [6.07, 6.45) is 5.60. The van der Waals surface area contributed by atoms with Gasteiger partial charge in [0.05, 0.1) is 16.9 Å². The van der Waals surface area contributed by atoms with Gasteiger partial charge in [0.15, 0.2) is 5.43 Å². The van der Waals surface area contributed by atoms with Crippen LogP contribution in [0.2, 0.25) is 0 Å². The summed E-state index contributed by atoms with van der Waals surface area (Å²) in [4.78, 5) is 19.5. The van der Waals surface area contributed by atoms with Crippen LogP contribution in [0.3, 0.4) is 0 Å². The molecule has 0 amide bonds. The van der Waals surface area contributed by atoms with E-state index in [2.05, 4.69) is 24.6 Å². The summed E-state index contributed by atoms with van der Waals surface area (Å²) in [6, 6.07) is 15.7. The van der Waals surface area contributed by atoms with Gasteiger partial charge in [-0.1, -0.05) is 28.0 Å². The number of hydrogen-bond donors (Lipinski definition) is 1. The number of rotatable bonds is 4. The van der Waals surface area contributed by atoms with Crippen LogP contribution < -0.4 is 9.61 Å². The van der Waals surface area contributed by atoms with Crippen molar-refractivity contribution >= 4 is 43.3 Å². The molecule has 9 heteroatoms. The van der Waals surface area contributed by atoms with Crippen molar-refractivity contribution in [1.29, 1.82) is 0 Å². The lowest BCUT2D eigenvalue weighted by atomic mass is 9.96. The number of likely N-dealkylation sites (tertiary alicyclic amines) is 1. The van der Waals surface area contributed by atoms with E-state index in [1.165, 1.54) is 12.1 Å². The molecule has 0 bridgehead atoms. The summed E-state index contributed by atoms with van der Waals surface area (Å²) in [5, 5.41) is 2.03. The molecule has 0 atom stereocenters. The Kier molecular flexibility index (Phi) is 5.16. The van der Waals surface area contributed by atoms with Crippen LogP contribution in [-0.2, 0) is 10.5 Å². The molecule has 37 heavy (non-hydrogen) atoms. The van der Waals surface area contributed by atoms with Gasteiger partial charge in [0, 0.05) is 34.9 Å². The highest BCUT2D eigenvalue weighted by atomic mass is 32.3. The van der Waals surface area contributed by atoms with Crippen LogP contribution >= 0.6 is 0 Å². The number of aromatic amines is 1. The molecular formula is C28H22FN3O4S. The first kappa shape index (κ1) is 23.3. The Morgan fingerprint density at radius 3 is 2.59 bits per heavy atom. The second kappa shape index (κ2) is 8.20. The maximum absolute atomic E-state index is 13.9. The summed E-state index contributed by atoms with van der Waals surface area (Å²) in [5.74, 6) is 2.51. The molecule has 0 aliphatic carbocycles. The number of hydrogen-bond acceptors (Lipinski definition) is 5. The van der Waals surface area contributed by atoms with E-state index < -0.39 is 10.5 Å². The predicted molar refractivity (Wildman–Crippen MR) is 143 cm³/mol. The van der Waals surface area contributed by atoms with E-state index in [0.29, 0.717) is 16.3 Å². The fourth-order valence-electron chi connectivity index (χ4n) is 5.37. The molecule has 186 valence electrons. The number of terminal acetylenes is 1. The number of pyridine rings is 1. The van der Waals surface area contributed by atoms with Crippen LogP contribution in [0.5, 0.6) is 5.75 Å². The fourth-order valence-corrected chi connectivity index (χ4v) is 5.70. The molecule has 3 aromatic carbocycles. The Balaban J connectivity index is 1.66. The molecule has 1 aliphatic rings. The average molecular weight is 516 g/mol. The third-order valence-corrected chi connectivity index (χ3v) is 7.40. The molecule has 0 unspecified atom stereocenters. The predicted octanol–water partition coefficient (Wildman–Crippen LogP) is 4.67. The molecule has 2 aromatic heterocycles. The second-order valence-corrected chi connectivity index (χ2v) is 10.5. The van der Waals surface area contributed by atoms with Crippen molar-refractivity contribution in [2.24, 2.45) is 0 Å². The Bertz CT molecular complexity index is 1960. The molecule has 1 saturated heterocycles. The highest BCUT2D eigenvalue weighted by Gasteiger charge is 2.29. The third kappa shape index (κ3) is 3.86. The lowest BCUT2D eigenvalue weighted by molar-refractivity contribution is 0.146. The number of fused-ring (bicyclic) bond motifs is 4. The smallest absolute Gasteiger partial charge is 0.358 e. The van der Waals surface area contributed by atoms with Gasteiger partial charge in [0.2, 0.25) is 0 Å². The number of benzene rings is 3. The Hall–Kier alpha value is -4.13. The Labute approximate surface area is 212 Å². The van der Waals surface area contributed by atoms with Crippen molar-refractivity contribution in [3.05, 3.63) is 75.9 Å². The minimum atomic E-state index is -5.15. The van der Waals surface area contributed by atoms with Crippen LogP contribution in [0.25, 0.3) is 44.0 Å². The second-order valence-electron chi connectivity index (χ2n) is 9.52. The summed E-state index contributed by atoms with van der Waals surface area (Å²) < 4.78 is 41.8. The summed E-state index contributed by atoms with van der Waals surface area (Å²) in [5.41, 5.74) is 5.16. The van der Waals surface area contributed by atoms with Gasteiger partial charge in [-0.05, 0) is 67.1 Å². The first-order chi connectivity index (χ1) is 17.6. The molecule has 0 spiro atoms. The molecule has 7 nitrogen and oxygen atoms in total. The minimum Gasteiger partial charge on any atom is -0.358 e. The van der Waals surface area contributed by atoms with E-state index in [4.69, 9.17) is 6.42 Å². The standard InChI is InChI=1S/C28H22FN3O4S/c1-4-17-8-9-21-24(11-17)30-28-26(21)27(33)23-10-16(2)22(13-25(23)32(28)19-14-31(3)15-19)18-6-5-7-20(12-18)36-37(29,34)35/h1,5-13,19,30H,14-15H2,2-3H3. The van der Waals surface area contributed by atoms with E-state index in [0.717, 1.165) is 51.8 Å². The van der Waals surface area contributed by atoms with Gasteiger partial charge in [-0.2, -0.15) is 8.42 Å². The topological polar surface area (TPSA) is 84.4 Å². The monoisotopic (exact) mass is 515 g/mol. The quantitative estimate of drug-likeness (QED) is 0.278. The van der Waals surface area contributed by atoms with Gasteiger partial charge in [0.1, 0.15) is 11.4 Å². The molecule has 6 rings (SSSR count). The number of likely N-dealkylation sites (N-methyl/N-ethyl adjacent to an activating group) is 1. The van der Waals surface area contributed by atoms with Crippen molar-refractivity contribution in [2.45, 2.75) is 13.0 Å². The highest BCUT2D eigenvalue weighted by Crippen LogP contribution is 2.36. The first-order valence-corrected chi connectivity index (χ1v) is 13.0. The molecule has 1 aliphatic heterocycles. The molecule has 0 radical (unpaired) electrons. The number of aromatic nitrogens is 2. The Morgan fingerprint density at radius 2 is 1.89 bits per heavy atom. The molecule has 1 N–H and O–H groups in total. The summed E-state index contributed by atoms with van der Waals surface area (Å²) >= 11 is 0. The molecule has 1 fully saturated rings. The molecule has 5 aromatic rings. The fraction of sp³-hybridized carbons (Fsp3) is 0.179. The van der Waals surface area contributed by atoms with Crippen molar-refractivity contribution in [3.63, 3.8) is 0 Å². The maximum atomic E-state index is 13.9. The zero-order valence-electron chi connectivity index (χ0n) is 20.1. The van der Waals surface area contributed by atoms with Gasteiger partial charge in [0.25, 0.3) is 0 Å². The summed E-state index contributed by atoms with van der Waals surface area (Å²) in [7, 11) is -3.11. The lowest BCUT2D eigenvalue weighted by Crippen LogP contribution is -2.45.